The minimum atomic E-state index is 0. The molecule has 0 aliphatic rings. The van der Waals surface area contributed by atoms with E-state index in [1.54, 1.807) is 0 Å². The van der Waals surface area contributed by atoms with Gasteiger partial charge in [0, 0.05) is 0 Å². The monoisotopic (exact) mass is 122 g/mol. The summed E-state index contributed by atoms with van der Waals surface area (Å²) in [7, 11) is 0. The van der Waals surface area contributed by atoms with Gasteiger partial charge in [0.1, 0.15) is 0 Å². The van der Waals surface area contributed by atoms with Crippen LogP contribution < -0.4 is 0 Å². The third kappa shape index (κ3) is 188. The predicted octanol–water partition coefficient (Wildman–Crippen LogP) is -0.172. The van der Waals surface area contributed by atoms with E-state index in [2.05, 4.69) is 5.04 Å². The first-order valence-electron chi connectivity index (χ1n) is 0.365. The van der Waals surface area contributed by atoms with Gasteiger partial charge in [0.2, 0.25) is 0 Å². The fourth-order valence-corrected chi connectivity index (χ4v) is 0. The Morgan fingerprint density at radius 2 is 1.20 bits per heavy atom. The maximum absolute atomic E-state index is 6.62. The molecule has 0 heterocycles. The predicted molar refractivity (Wildman–Crippen MR) is 7.03 cm³/mol. The third-order valence-corrected chi connectivity index (χ3v) is 0. The van der Waals surface area contributed by atoms with Crippen LogP contribution in [-0.4, -0.2) is 10.5 Å². The molecular formula is H2FeO4. The van der Waals surface area contributed by atoms with Crippen molar-refractivity contribution in [2.24, 2.45) is 0 Å². The van der Waals surface area contributed by atoms with Gasteiger partial charge >= 0.3 is 17.1 Å². The van der Waals surface area contributed by atoms with Gasteiger partial charge < -0.3 is 5.48 Å². The Morgan fingerprint density at radius 3 is 1.20 bits per heavy atom. The molecule has 4 nitrogen and oxygen atoms in total. The van der Waals surface area contributed by atoms with E-state index in [0.29, 0.717) is 0 Å². The first kappa shape index (κ1) is 18.3. The van der Waals surface area contributed by atoms with Crippen molar-refractivity contribution in [3.8, 4) is 0 Å². The second-order valence-electron chi connectivity index (χ2n) is 0.0816. The molecule has 0 bridgehead atoms. The molecule has 0 radical (unpaired) electrons. The quantitative estimate of drug-likeness (QED) is 0.266. The average Bonchev–Trinajstić information content (AvgIpc) is 0.918. The van der Waals surface area contributed by atoms with Gasteiger partial charge in [-0.25, -0.2) is 10.5 Å². The van der Waals surface area contributed by atoms with Crippen molar-refractivity contribution >= 4 is 0 Å². The summed E-state index contributed by atoms with van der Waals surface area (Å²) in [6.45, 7) is 0. The number of hydrogen-bond acceptors (Lipinski definition) is 3. The second kappa shape index (κ2) is 26.6. The van der Waals surface area contributed by atoms with Crippen molar-refractivity contribution in [1.29, 1.82) is 0 Å². The first-order valence-corrected chi connectivity index (χ1v) is 0.365. The third-order valence-electron chi connectivity index (χ3n) is 0. The summed E-state index contributed by atoms with van der Waals surface area (Å²) in [6.07, 6.45) is 0. The van der Waals surface area contributed by atoms with Gasteiger partial charge in [-0.15, -0.1) is 0 Å². The van der Waals surface area contributed by atoms with Crippen LogP contribution in [0.25, 0.3) is 0 Å². The summed E-state index contributed by atoms with van der Waals surface area (Å²) >= 11 is 0. The number of hydrogen-bond donors (Lipinski definition) is 2. The topological polar surface area (TPSA) is 78.2 Å². The van der Waals surface area contributed by atoms with Crippen LogP contribution >= 0.6 is 0 Å². The van der Waals surface area contributed by atoms with Gasteiger partial charge in [-0.2, -0.15) is 0 Å². The summed E-state index contributed by atoms with van der Waals surface area (Å²) in [4.78, 5) is 0. The van der Waals surface area contributed by atoms with Crippen molar-refractivity contribution in [2.45, 2.75) is 0 Å². The van der Waals surface area contributed by atoms with Crippen LogP contribution in [0.3, 0.4) is 0 Å². The molecule has 0 aromatic carbocycles. The summed E-state index contributed by atoms with van der Waals surface area (Å²) in [5.41, 5.74) is 0. The Hall–Kier alpha value is 0.359. The Bertz CT molecular complexity index is 3.61. The smallest absolute Gasteiger partial charge is 2.00 e. The zero-order chi connectivity index (χ0) is 2.71. The molecular weight excluding hydrogens is 120 g/mol. The van der Waals surface area contributed by atoms with Crippen LogP contribution in [0.2, 0.25) is 0 Å². The molecule has 0 unspecified atom stereocenters. The van der Waals surface area contributed by atoms with Crippen molar-refractivity contribution in [2.75, 3.05) is 0 Å². The molecule has 0 aliphatic heterocycles. The molecule has 0 saturated carbocycles. The molecule has 0 amide bonds. The van der Waals surface area contributed by atoms with E-state index in [1.165, 1.54) is 0 Å². The Balaban J connectivity index is -0.0000000200. The maximum Gasteiger partial charge on any atom is 2.00 e. The van der Waals surface area contributed by atoms with Gasteiger partial charge in [-0.3, -0.25) is 0 Å². The van der Waals surface area contributed by atoms with E-state index in [1.807, 2.05) is 0 Å². The molecule has 0 aromatic rings. The normalized spacial score (nSPS) is 3.60. The Kier molecular flexibility index (Phi) is 97.4. The summed E-state index contributed by atoms with van der Waals surface area (Å²) < 4.78 is 0. The molecule has 2 N–H and O–H groups in total. The number of rotatable bonds is 0. The van der Waals surface area contributed by atoms with E-state index in [-0.39, 0.29) is 22.5 Å². The molecule has 34 valence electrons. The van der Waals surface area contributed by atoms with Crippen molar-refractivity contribution < 1.29 is 38.1 Å². The first-order chi connectivity index (χ1) is 1.41. The van der Waals surface area contributed by atoms with Crippen LogP contribution in [-0.2, 0) is 27.6 Å². The Morgan fingerprint density at radius 1 is 1.20 bits per heavy atom. The molecule has 5 heavy (non-hydrogen) atoms. The molecule has 0 saturated heterocycles. The standard InChI is InChI=1S/Fe.H2O3.O/c;1-3-2;/h;1-2H;/q+2;;-2. The Labute approximate surface area is 39.0 Å². The molecule has 0 aromatic heterocycles. The van der Waals surface area contributed by atoms with Crippen LogP contribution in [0.15, 0.2) is 0 Å². The maximum atomic E-state index is 6.62. The molecule has 0 rings (SSSR count). The second-order valence-corrected chi connectivity index (χ2v) is 0.0816. The fourth-order valence-electron chi connectivity index (χ4n) is 0. The van der Waals surface area contributed by atoms with Crippen molar-refractivity contribution in [3.05, 3.63) is 0 Å². The minimum Gasteiger partial charge on any atom is -2.00 e. The molecule has 5 heteroatoms. The van der Waals surface area contributed by atoms with E-state index >= 15 is 0 Å². The summed E-state index contributed by atoms with van der Waals surface area (Å²) in [5, 5.41) is 15.5. The molecule has 0 fully saturated rings. The van der Waals surface area contributed by atoms with Crippen LogP contribution in [0.1, 0.15) is 0 Å². The summed E-state index contributed by atoms with van der Waals surface area (Å²) in [5.74, 6) is 0. The van der Waals surface area contributed by atoms with Gasteiger partial charge in [-0.05, 0) is 0 Å². The van der Waals surface area contributed by atoms with E-state index in [9.17, 15) is 0 Å². The van der Waals surface area contributed by atoms with Gasteiger partial charge in [0.15, 0.2) is 0 Å². The average molecular weight is 122 g/mol. The van der Waals surface area contributed by atoms with E-state index in [4.69, 9.17) is 10.5 Å². The van der Waals surface area contributed by atoms with Crippen LogP contribution in [0, 0.1) is 0 Å². The van der Waals surface area contributed by atoms with Crippen LogP contribution in [0.4, 0.5) is 0 Å². The zero-order valence-electron chi connectivity index (χ0n) is 2.06. The van der Waals surface area contributed by atoms with Gasteiger partial charge in [0.25, 0.3) is 0 Å². The van der Waals surface area contributed by atoms with Crippen LogP contribution in [0.5, 0.6) is 0 Å². The van der Waals surface area contributed by atoms with E-state index in [0.717, 1.165) is 0 Å². The SMILES string of the molecule is OOO.[Fe+2].[O-2]. The molecule has 0 aliphatic carbocycles. The van der Waals surface area contributed by atoms with Crippen molar-refractivity contribution in [1.82, 2.24) is 0 Å². The van der Waals surface area contributed by atoms with Gasteiger partial charge in [-0.1, -0.05) is 5.04 Å². The minimum absolute atomic E-state index is 0. The largest absolute Gasteiger partial charge is 2.00 e. The summed E-state index contributed by atoms with van der Waals surface area (Å²) in [6, 6.07) is 0. The molecule has 0 spiro atoms. The zero-order valence-corrected chi connectivity index (χ0v) is 3.17. The van der Waals surface area contributed by atoms with E-state index < -0.39 is 0 Å². The van der Waals surface area contributed by atoms with Gasteiger partial charge in [0.05, 0.1) is 0 Å². The fraction of sp³-hybridized carbons (Fsp3) is 0. The van der Waals surface area contributed by atoms with Crippen molar-refractivity contribution in [3.63, 3.8) is 0 Å². The molecule has 0 atom stereocenters.